The number of aromatic nitrogens is 1. The minimum Gasteiger partial charge on any atom is -0.487 e. The quantitative estimate of drug-likeness (QED) is 0.384. The third-order valence-electron chi connectivity index (χ3n) is 6.68. The van der Waals surface area contributed by atoms with Crippen LogP contribution in [0.1, 0.15) is 53.5 Å². The second-order valence-corrected chi connectivity index (χ2v) is 12.1. The maximum Gasteiger partial charge on any atom is 0.420 e. The van der Waals surface area contributed by atoms with Crippen LogP contribution < -0.4 is 9.64 Å². The first kappa shape index (κ1) is 29.5. The number of hydrogen-bond donors (Lipinski definition) is 1. The van der Waals surface area contributed by atoms with Gasteiger partial charge in [0.1, 0.15) is 23.3 Å². The first-order chi connectivity index (χ1) is 18.0. The van der Waals surface area contributed by atoms with Crippen molar-refractivity contribution in [1.29, 1.82) is 0 Å². The Labute approximate surface area is 225 Å². The number of rotatable bonds is 8. The number of thiazole rings is 1. The summed E-state index contributed by atoms with van der Waals surface area (Å²) >= 11 is 0.859. The number of fused-ring (bicyclic) bond motifs is 1. The van der Waals surface area contributed by atoms with Crippen LogP contribution in [0.3, 0.4) is 0 Å². The van der Waals surface area contributed by atoms with Crippen LogP contribution in [0.2, 0.25) is 0 Å². The van der Waals surface area contributed by atoms with Crippen LogP contribution in [0.5, 0.6) is 5.75 Å². The minimum absolute atomic E-state index is 0.0442. The molecule has 2 unspecified atom stereocenters. The lowest BCUT2D eigenvalue weighted by Crippen LogP contribution is -2.54. The Kier molecular flexibility index (Phi) is 7.95. The van der Waals surface area contributed by atoms with Crippen molar-refractivity contribution in [2.45, 2.75) is 74.2 Å². The van der Waals surface area contributed by atoms with Gasteiger partial charge >= 0.3 is 12.1 Å². The molecule has 0 bridgehead atoms. The highest BCUT2D eigenvalue weighted by atomic mass is 32.2. The fraction of sp³-hybridized carbons (Fsp3) is 0.565. The number of aromatic carboxylic acids is 1. The van der Waals surface area contributed by atoms with Crippen LogP contribution in [0.15, 0.2) is 22.5 Å². The van der Waals surface area contributed by atoms with Gasteiger partial charge in [-0.25, -0.2) is 35.9 Å². The Morgan fingerprint density at radius 1 is 1.26 bits per heavy atom. The summed E-state index contributed by atoms with van der Waals surface area (Å²) in [5.74, 6) is -8.23. The van der Waals surface area contributed by atoms with Crippen LogP contribution in [-0.4, -0.2) is 62.1 Å². The van der Waals surface area contributed by atoms with E-state index < -0.39 is 84.2 Å². The molecule has 4 rings (SSSR count). The second-order valence-electron chi connectivity index (χ2n) is 9.66. The van der Waals surface area contributed by atoms with Crippen molar-refractivity contribution in [3.05, 3.63) is 33.8 Å². The predicted octanol–water partition coefficient (Wildman–Crippen LogP) is 5.82. The van der Waals surface area contributed by atoms with Gasteiger partial charge in [0.15, 0.2) is 5.69 Å². The summed E-state index contributed by atoms with van der Waals surface area (Å²) in [5, 5.41) is 9.21. The highest BCUT2D eigenvalue weighted by Crippen LogP contribution is 2.48. The van der Waals surface area contributed by atoms with Crippen molar-refractivity contribution >= 4 is 34.0 Å². The van der Waals surface area contributed by atoms with Gasteiger partial charge in [0.2, 0.25) is 5.92 Å². The van der Waals surface area contributed by atoms with Gasteiger partial charge in [-0.3, -0.25) is 0 Å². The van der Waals surface area contributed by atoms with Crippen LogP contribution in [0.4, 0.5) is 36.4 Å². The van der Waals surface area contributed by atoms with Crippen molar-refractivity contribution in [2.75, 3.05) is 18.5 Å². The lowest BCUT2D eigenvalue weighted by molar-refractivity contribution is -0.139. The fourth-order valence-electron chi connectivity index (χ4n) is 4.57. The third-order valence-corrected chi connectivity index (χ3v) is 9.01. The van der Waals surface area contributed by atoms with Gasteiger partial charge in [0.05, 0.1) is 26.5 Å². The van der Waals surface area contributed by atoms with Crippen LogP contribution in [0, 0.1) is 0 Å². The van der Waals surface area contributed by atoms with E-state index in [2.05, 4.69) is 4.98 Å². The van der Waals surface area contributed by atoms with E-state index in [-0.39, 0.29) is 34.1 Å². The Morgan fingerprint density at radius 2 is 1.92 bits per heavy atom. The first-order valence-corrected chi connectivity index (χ1v) is 13.7. The number of likely N-dealkylation sites (N-methyl/N-ethyl adjacent to an activating group) is 1. The van der Waals surface area contributed by atoms with Crippen LogP contribution in [0.25, 0.3) is 0 Å². The molecule has 1 aromatic heterocycles. The Balaban J connectivity index is 1.77. The Bertz CT molecular complexity index is 1260. The lowest BCUT2D eigenvalue weighted by atomic mass is 9.86. The van der Waals surface area contributed by atoms with E-state index in [0.29, 0.717) is 13.0 Å². The molecule has 2 atom stereocenters. The SMILES string of the molecule is CN1C(CCC(C)(F)F)CN(C2CC(F)(F)C2)c2cc(C(F)(F)F)c(OCc3scnc3C(=O)O)cc2S1=O. The summed E-state index contributed by atoms with van der Waals surface area (Å²) in [4.78, 5) is 16.1. The van der Waals surface area contributed by atoms with Gasteiger partial charge in [-0.2, -0.15) is 13.2 Å². The number of anilines is 1. The van der Waals surface area contributed by atoms with E-state index >= 15 is 0 Å². The third kappa shape index (κ3) is 6.48. The zero-order valence-corrected chi connectivity index (χ0v) is 22.2. The van der Waals surface area contributed by atoms with E-state index in [1.54, 1.807) is 0 Å². The van der Waals surface area contributed by atoms with E-state index in [0.717, 1.165) is 17.4 Å². The maximum absolute atomic E-state index is 14.2. The molecule has 2 aromatic rings. The zero-order chi connectivity index (χ0) is 28.9. The predicted molar refractivity (Wildman–Crippen MR) is 128 cm³/mol. The number of nitrogens with zero attached hydrogens (tertiary/aromatic N) is 3. The molecule has 1 N–H and O–H groups in total. The molecule has 1 fully saturated rings. The number of ether oxygens (including phenoxy) is 1. The molecule has 1 aromatic carbocycles. The van der Waals surface area contributed by atoms with E-state index in [9.17, 15) is 44.8 Å². The highest BCUT2D eigenvalue weighted by Gasteiger charge is 2.50. The topological polar surface area (TPSA) is 83.0 Å². The van der Waals surface area contributed by atoms with Gasteiger partial charge < -0.3 is 14.7 Å². The molecular weight excluding hydrogens is 579 g/mol. The normalized spacial score (nSPS) is 22.2. The average Bonchev–Trinajstić information content (AvgIpc) is 3.24. The number of carboxylic acid groups (broad SMARTS) is 1. The number of carbonyl (C=O) groups is 1. The zero-order valence-electron chi connectivity index (χ0n) is 20.6. The lowest BCUT2D eigenvalue weighted by Gasteiger charge is -2.45. The van der Waals surface area contributed by atoms with Crippen molar-refractivity contribution < 1.29 is 49.6 Å². The maximum atomic E-state index is 14.2. The first-order valence-electron chi connectivity index (χ1n) is 11.7. The number of hydrogen-bond acceptors (Lipinski definition) is 6. The van der Waals surface area contributed by atoms with Gasteiger partial charge in [-0.05, 0) is 19.4 Å². The standard InChI is InChI=1S/C23H24F7N3O4S2/c1-21(24,25)4-3-12-9-33(13-7-22(26,27)8-13)15-5-14(23(28,29)30)16(6-18(15)39(36)32(12)2)37-10-17-19(20(34)35)31-11-38-17/h5-6,11-13H,3-4,7-10H2,1-2H3,(H,34,35). The number of alkyl halides is 7. The summed E-state index contributed by atoms with van der Waals surface area (Å²) in [6, 6.07) is -0.163. The number of halogens is 7. The minimum atomic E-state index is -4.98. The molecule has 2 aliphatic rings. The molecule has 0 radical (unpaired) electrons. The van der Waals surface area contributed by atoms with E-state index in [1.807, 2.05) is 0 Å². The molecule has 16 heteroatoms. The average molecular weight is 604 g/mol. The van der Waals surface area contributed by atoms with Crippen molar-refractivity contribution in [2.24, 2.45) is 0 Å². The molecular formula is C23H24F7N3O4S2. The van der Waals surface area contributed by atoms with Crippen LogP contribution in [-0.2, 0) is 23.8 Å². The van der Waals surface area contributed by atoms with Gasteiger partial charge in [0, 0.05) is 51.0 Å². The van der Waals surface area contributed by atoms with E-state index in [1.165, 1.54) is 21.8 Å². The molecule has 0 saturated heterocycles. The van der Waals surface area contributed by atoms with Gasteiger partial charge in [0.25, 0.3) is 5.92 Å². The molecule has 39 heavy (non-hydrogen) atoms. The summed E-state index contributed by atoms with van der Waals surface area (Å²) < 4.78 is 117. The highest BCUT2D eigenvalue weighted by molar-refractivity contribution is 7.82. The molecule has 0 amide bonds. The number of benzene rings is 1. The van der Waals surface area contributed by atoms with Crippen molar-refractivity contribution in [3.8, 4) is 5.75 Å². The van der Waals surface area contributed by atoms with Gasteiger partial charge in [-0.15, -0.1) is 11.3 Å². The fourth-order valence-corrected chi connectivity index (χ4v) is 6.55. The van der Waals surface area contributed by atoms with Crippen molar-refractivity contribution in [1.82, 2.24) is 9.29 Å². The second kappa shape index (κ2) is 10.5. The van der Waals surface area contributed by atoms with Gasteiger partial charge in [-0.1, -0.05) is 0 Å². The molecule has 2 heterocycles. The molecule has 1 saturated carbocycles. The largest absolute Gasteiger partial charge is 0.487 e. The molecule has 1 aliphatic carbocycles. The molecule has 0 spiro atoms. The summed E-state index contributed by atoms with van der Waals surface area (Å²) in [5.41, 5.74) is -0.675. The smallest absolute Gasteiger partial charge is 0.420 e. The molecule has 216 valence electrons. The summed E-state index contributed by atoms with van der Waals surface area (Å²) in [6.07, 6.45) is -7.07. The monoisotopic (exact) mass is 603 g/mol. The molecule has 1 aliphatic heterocycles. The van der Waals surface area contributed by atoms with Crippen LogP contribution >= 0.6 is 11.3 Å². The van der Waals surface area contributed by atoms with Crippen molar-refractivity contribution in [3.63, 3.8) is 0 Å². The molecule has 7 nitrogen and oxygen atoms in total. The summed E-state index contributed by atoms with van der Waals surface area (Å²) in [6.45, 7) is -0.0619. The Hall–Kier alpha value is -2.46. The Morgan fingerprint density at radius 3 is 2.49 bits per heavy atom. The van der Waals surface area contributed by atoms with E-state index in [4.69, 9.17) is 4.74 Å². The summed E-state index contributed by atoms with van der Waals surface area (Å²) in [7, 11) is -0.792. The number of carboxylic acids is 1.